The summed E-state index contributed by atoms with van der Waals surface area (Å²) in [7, 11) is 0. The van der Waals surface area contributed by atoms with Crippen LogP contribution >= 0.6 is 23.2 Å². The van der Waals surface area contributed by atoms with Crippen molar-refractivity contribution in [1.82, 2.24) is 0 Å². The average molecular weight is 179 g/mol. The van der Waals surface area contributed by atoms with Crippen LogP contribution in [0.4, 0.5) is 0 Å². The normalized spacial score (nSPS) is 18.6. The Labute approximate surface area is 65.5 Å². The van der Waals surface area contributed by atoms with E-state index in [4.69, 9.17) is 23.2 Å². The molecule has 0 spiro atoms. The lowest BCUT2D eigenvalue weighted by molar-refractivity contribution is -0.119. The van der Waals surface area contributed by atoms with Crippen molar-refractivity contribution in [3.05, 3.63) is 10.1 Å². The molecule has 0 aromatic rings. The maximum absolute atomic E-state index is 10.5. The fourth-order valence-electron chi connectivity index (χ4n) is 0.366. The first kappa shape index (κ1) is 7.37. The number of hydrogen-bond acceptors (Lipinski definition) is 2. The highest BCUT2D eigenvalue weighted by molar-refractivity contribution is 6.54. The molecule has 0 N–H and O–H groups in total. The van der Waals surface area contributed by atoms with Crippen LogP contribution in [-0.2, 0) is 9.59 Å². The first-order chi connectivity index (χ1) is 4.63. The van der Waals surface area contributed by atoms with E-state index in [1.807, 2.05) is 0 Å². The SMILES string of the molecule is O=C1N=NC(=O)C(Cl)=C1Cl. The summed E-state index contributed by atoms with van der Waals surface area (Å²) in [6.07, 6.45) is 0. The number of nitrogens with zero attached hydrogens (tertiary/aromatic N) is 2. The number of carbonyl (C=O) groups is 2. The van der Waals surface area contributed by atoms with Crippen LogP contribution in [0, 0.1) is 0 Å². The highest BCUT2D eigenvalue weighted by atomic mass is 35.5. The largest absolute Gasteiger partial charge is 0.308 e. The topological polar surface area (TPSA) is 58.9 Å². The van der Waals surface area contributed by atoms with Crippen LogP contribution in [0.5, 0.6) is 0 Å². The van der Waals surface area contributed by atoms with Crippen molar-refractivity contribution in [2.45, 2.75) is 0 Å². The van der Waals surface area contributed by atoms with Gasteiger partial charge in [-0.2, -0.15) is 0 Å². The number of azo groups is 1. The van der Waals surface area contributed by atoms with Gasteiger partial charge in [0.25, 0.3) is 0 Å². The minimum atomic E-state index is -0.786. The summed E-state index contributed by atoms with van der Waals surface area (Å²) in [6, 6.07) is 0. The zero-order chi connectivity index (χ0) is 7.72. The van der Waals surface area contributed by atoms with Gasteiger partial charge in [0.05, 0.1) is 0 Å². The van der Waals surface area contributed by atoms with Gasteiger partial charge in [0.1, 0.15) is 10.1 Å². The Hall–Kier alpha value is -0.740. The maximum Gasteiger partial charge on any atom is 0.308 e. The Balaban J connectivity index is 3.12. The maximum atomic E-state index is 10.5. The van der Waals surface area contributed by atoms with Gasteiger partial charge in [-0.05, 0) is 0 Å². The number of hydrogen-bond donors (Lipinski definition) is 0. The molecule has 0 fully saturated rings. The molecule has 6 heteroatoms. The molecule has 1 aliphatic rings. The summed E-state index contributed by atoms with van der Waals surface area (Å²) >= 11 is 10.5. The van der Waals surface area contributed by atoms with E-state index in [1.54, 1.807) is 0 Å². The van der Waals surface area contributed by atoms with E-state index in [2.05, 4.69) is 10.2 Å². The van der Waals surface area contributed by atoms with Gasteiger partial charge in [-0.3, -0.25) is 9.59 Å². The number of carbonyl (C=O) groups excluding carboxylic acids is 2. The van der Waals surface area contributed by atoms with Gasteiger partial charge in [0.2, 0.25) is 0 Å². The smallest absolute Gasteiger partial charge is 0.264 e. The lowest BCUT2D eigenvalue weighted by Crippen LogP contribution is -2.06. The molecule has 10 heavy (non-hydrogen) atoms. The summed E-state index contributed by atoms with van der Waals surface area (Å²) in [5.41, 5.74) is 0. The molecule has 1 heterocycles. The molecule has 0 aromatic heterocycles. The van der Waals surface area contributed by atoms with Crippen LogP contribution < -0.4 is 0 Å². The molecular formula is C4Cl2N2O2. The predicted octanol–water partition coefficient (Wildman–Crippen LogP) is 1.19. The van der Waals surface area contributed by atoms with Crippen LogP contribution in [0.3, 0.4) is 0 Å². The molecule has 2 amide bonds. The summed E-state index contributed by atoms with van der Waals surface area (Å²) in [4.78, 5) is 20.9. The van der Waals surface area contributed by atoms with Gasteiger partial charge < -0.3 is 0 Å². The Morgan fingerprint density at radius 2 is 1.20 bits per heavy atom. The number of amides is 2. The molecule has 1 aliphatic heterocycles. The first-order valence-corrected chi connectivity index (χ1v) is 2.94. The molecule has 52 valence electrons. The Morgan fingerprint density at radius 1 is 0.900 bits per heavy atom. The van der Waals surface area contributed by atoms with Gasteiger partial charge in [0.15, 0.2) is 0 Å². The quantitative estimate of drug-likeness (QED) is 0.560. The van der Waals surface area contributed by atoms with Crippen LogP contribution in [0.15, 0.2) is 20.3 Å². The van der Waals surface area contributed by atoms with Crippen molar-refractivity contribution in [2.75, 3.05) is 0 Å². The van der Waals surface area contributed by atoms with Crippen LogP contribution in [0.25, 0.3) is 0 Å². The van der Waals surface area contributed by atoms with Crippen molar-refractivity contribution in [3.8, 4) is 0 Å². The third kappa shape index (κ3) is 1.08. The van der Waals surface area contributed by atoms with E-state index < -0.39 is 11.8 Å². The van der Waals surface area contributed by atoms with E-state index in [1.165, 1.54) is 0 Å². The standard InChI is InChI=1S/C4Cl2N2O2/c5-1-2(6)4(10)8-7-3(1)9. The monoisotopic (exact) mass is 178 g/mol. The molecule has 0 aromatic carbocycles. The summed E-state index contributed by atoms with van der Waals surface area (Å²) in [5, 5.41) is 5.06. The van der Waals surface area contributed by atoms with Crippen molar-refractivity contribution >= 4 is 35.0 Å². The van der Waals surface area contributed by atoms with E-state index in [0.29, 0.717) is 0 Å². The summed E-state index contributed by atoms with van der Waals surface area (Å²) in [5.74, 6) is -1.57. The van der Waals surface area contributed by atoms with E-state index >= 15 is 0 Å². The fourth-order valence-corrected chi connectivity index (χ4v) is 0.604. The highest BCUT2D eigenvalue weighted by Crippen LogP contribution is 2.20. The molecule has 0 atom stereocenters. The molecule has 0 saturated carbocycles. The van der Waals surface area contributed by atoms with Gasteiger partial charge >= 0.3 is 11.8 Å². The molecule has 0 unspecified atom stereocenters. The van der Waals surface area contributed by atoms with Crippen LogP contribution in [0.1, 0.15) is 0 Å². The van der Waals surface area contributed by atoms with Crippen LogP contribution in [0.2, 0.25) is 0 Å². The molecule has 0 bridgehead atoms. The molecule has 1 rings (SSSR count). The number of rotatable bonds is 0. The van der Waals surface area contributed by atoms with E-state index in [-0.39, 0.29) is 10.1 Å². The van der Waals surface area contributed by atoms with Crippen molar-refractivity contribution < 1.29 is 9.59 Å². The van der Waals surface area contributed by atoms with Gasteiger partial charge in [-0.1, -0.05) is 23.2 Å². The predicted molar refractivity (Wildman–Crippen MR) is 33.6 cm³/mol. The zero-order valence-corrected chi connectivity index (χ0v) is 5.98. The summed E-state index contributed by atoms with van der Waals surface area (Å²) in [6.45, 7) is 0. The zero-order valence-electron chi connectivity index (χ0n) is 4.47. The van der Waals surface area contributed by atoms with Crippen molar-refractivity contribution in [1.29, 1.82) is 0 Å². The molecule has 0 radical (unpaired) electrons. The summed E-state index contributed by atoms with van der Waals surface area (Å²) < 4.78 is 0. The third-order valence-corrected chi connectivity index (χ3v) is 1.60. The molecule has 0 aliphatic carbocycles. The lowest BCUT2D eigenvalue weighted by Gasteiger charge is -1.98. The van der Waals surface area contributed by atoms with Gasteiger partial charge in [-0.15, -0.1) is 10.2 Å². The van der Waals surface area contributed by atoms with Crippen LogP contribution in [-0.4, -0.2) is 11.8 Å². The van der Waals surface area contributed by atoms with Gasteiger partial charge in [-0.25, -0.2) is 0 Å². The molecule has 4 nitrogen and oxygen atoms in total. The van der Waals surface area contributed by atoms with E-state index in [0.717, 1.165) is 0 Å². The highest BCUT2D eigenvalue weighted by Gasteiger charge is 2.21. The number of halogens is 2. The third-order valence-electron chi connectivity index (χ3n) is 0.800. The van der Waals surface area contributed by atoms with Crippen molar-refractivity contribution in [2.24, 2.45) is 10.2 Å². The van der Waals surface area contributed by atoms with Gasteiger partial charge in [0, 0.05) is 0 Å². The van der Waals surface area contributed by atoms with E-state index in [9.17, 15) is 9.59 Å². The second-order valence-corrected chi connectivity index (χ2v) is 2.19. The second-order valence-electron chi connectivity index (χ2n) is 1.44. The fraction of sp³-hybridized carbons (Fsp3) is 0. The lowest BCUT2D eigenvalue weighted by atomic mass is 10.4. The Bertz CT molecular complexity index is 242. The first-order valence-electron chi connectivity index (χ1n) is 2.18. The second kappa shape index (κ2) is 2.48. The Kier molecular flexibility index (Phi) is 1.82. The minimum Gasteiger partial charge on any atom is -0.264 e. The minimum absolute atomic E-state index is 0.373. The Morgan fingerprint density at radius 3 is 1.50 bits per heavy atom. The van der Waals surface area contributed by atoms with Crippen molar-refractivity contribution in [3.63, 3.8) is 0 Å². The molecule has 0 saturated heterocycles. The molecular weight excluding hydrogens is 179 g/mol. The average Bonchev–Trinajstić information content (AvgIpc) is 1.93.